The van der Waals surface area contributed by atoms with E-state index in [1.165, 1.54) is 231 Å². The highest BCUT2D eigenvalue weighted by Gasteiger charge is 2.24. The highest BCUT2D eigenvalue weighted by Crippen LogP contribution is 2.38. The zero-order chi connectivity index (χ0) is 47.1. The van der Waals surface area contributed by atoms with Crippen molar-refractivity contribution in [3.05, 3.63) is 0 Å². The Morgan fingerprint density at radius 1 is 0.484 bits per heavy atom. The van der Waals surface area contributed by atoms with E-state index in [-0.39, 0.29) is 19.1 Å². The third-order valence-electron chi connectivity index (χ3n) is 13.3. The van der Waals surface area contributed by atoms with Gasteiger partial charge >= 0.3 is 0 Å². The summed E-state index contributed by atoms with van der Waals surface area (Å²) < 4.78 is 23.4. The van der Waals surface area contributed by atoms with E-state index in [4.69, 9.17) is 9.05 Å². The Hall–Kier alpha value is -0.500. The fraction of sp³-hybridized carbons (Fsp3) is 0.982. The molecule has 0 radical (unpaired) electrons. The maximum absolute atomic E-state index is 13.0. The molecule has 0 rings (SSSR count). The molecule has 8 nitrogen and oxygen atoms in total. The Kier molecular flexibility index (Phi) is 47.2. The molecule has 1 amide bonds. The van der Waals surface area contributed by atoms with Crippen molar-refractivity contribution in [1.29, 1.82) is 0 Å². The molecule has 2 N–H and O–H groups in total. The van der Waals surface area contributed by atoms with Gasteiger partial charge in [0, 0.05) is 6.42 Å². The Labute approximate surface area is 399 Å². The zero-order valence-corrected chi connectivity index (χ0v) is 44.7. The summed E-state index contributed by atoms with van der Waals surface area (Å²) in [4.78, 5) is 25.5. The first kappa shape index (κ1) is 63.5. The summed E-state index contributed by atoms with van der Waals surface area (Å²) >= 11 is 0. The molecule has 9 heteroatoms. The zero-order valence-electron chi connectivity index (χ0n) is 43.8. The van der Waals surface area contributed by atoms with Gasteiger partial charge in [0.1, 0.15) is 13.2 Å². The molecule has 1 unspecified atom stereocenters. The van der Waals surface area contributed by atoms with E-state index in [2.05, 4.69) is 19.2 Å². The van der Waals surface area contributed by atoms with Crippen molar-refractivity contribution in [2.75, 3.05) is 40.9 Å². The molecule has 0 saturated heterocycles. The number of carbonyl (C=O) groups is 1. The van der Waals surface area contributed by atoms with E-state index in [1.54, 1.807) is 0 Å². The van der Waals surface area contributed by atoms with Crippen LogP contribution >= 0.6 is 7.82 Å². The largest absolute Gasteiger partial charge is 0.756 e. The highest BCUT2D eigenvalue weighted by atomic mass is 31.2. The van der Waals surface area contributed by atoms with Gasteiger partial charge in [0.25, 0.3) is 7.82 Å². The number of carbonyl (C=O) groups excluding carboxylic acids is 1. The van der Waals surface area contributed by atoms with Crippen LogP contribution in [-0.2, 0) is 18.4 Å². The topological polar surface area (TPSA) is 108 Å². The van der Waals surface area contributed by atoms with Crippen LogP contribution in [0.25, 0.3) is 0 Å². The molecule has 0 bridgehead atoms. The molecule has 0 aromatic heterocycles. The van der Waals surface area contributed by atoms with Crippen molar-refractivity contribution < 1.29 is 32.9 Å². The SMILES string of the molecule is CCCCCCCCCCCCCCCCCCCCCCCCCCCCCCC(=O)N[C@@H](COP(=O)([O-])OCC[N+](C)(C)C)[C@H](O)CCCCCCCCCCCCCCCC. The standard InChI is InChI=1S/C55H113N2O6P/c1-6-8-10-12-14-16-18-20-22-23-24-25-26-27-28-29-30-31-32-33-34-35-37-39-41-43-45-47-49-55(59)56-53(52-63-64(60,61)62-51-50-57(3,4)5)54(58)48-46-44-42-40-38-36-21-19-17-15-13-11-9-7-2/h53-54,58H,6-52H2,1-5H3,(H-,56,59,60,61)/t53-,54+/m0/s1. The average Bonchev–Trinajstić information content (AvgIpc) is 3.25. The number of quaternary nitrogens is 1. The summed E-state index contributed by atoms with van der Waals surface area (Å²) in [5.41, 5.74) is 0. The Morgan fingerprint density at radius 2 is 0.766 bits per heavy atom. The number of hydrogen-bond donors (Lipinski definition) is 2. The second-order valence-electron chi connectivity index (χ2n) is 21.0. The van der Waals surface area contributed by atoms with Crippen molar-refractivity contribution in [3.63, 3.8) is 0 Å². The van der Waals surface area contributed by atoms with Gasteiger partial charge < -0.3 is 28.8 Å². The summed E-state index contributed by atoms with van der Waals surface area (Å²) in [5.74, 6) is -0.157. The van der Waals surface area contributed by atoms with Gasteiger partial charge in [0.15, 0.2) is 0 Å². The van der Waals surface area contributed by atoms with Gasteiger partial charge in [0.2, 0.25) is 5.91 Å². The molecule has 0 saturated carbocycles. The lowest BCUT2D eigenvalue weighted by Gasteiger charge is -2.30. The van der Waals surface area contributed by atoms with Crippen LogP contribution in [-0.4, -0.2) is 68.5 Å². The summed E-state index contributed by atoms with van der Waals surface area (Å²) in [6, 6.07) is -0.794. The number of nitrogens with zero attached hydrogens (tertiary/aromatic N) is 1. The van der Waals surface area contributed by atoms with Crippen molar-refractivity contribution in [1.82, 2.24) is 5.32 Å². The minimum atomic E-state index is -4.56. The Balaban J connectivity index is 4.03. The molecule has 0 aromatic rings. The number of rotatable bonds is 53. The van der Waals surface area contributed by atoms with Gasteiger partial charge in [-0.25, -0.2) is 0 Å². The minimum Gasteiger partial charge on any atom is -0.756 e. The summed E-state index contributed by atoms with van der Waals surface area (Å²) in [5, 5.41) is 14.0. The Morgan fingerprint density at radius 3 is 1.06 bits per heavy atom. The normalized spacial score (nSPS) is 13.9. The average molecular weight is 929 g/mol. The molecule has 0 spiro atoms. The number of phosphoric ester groups is 1. The van der Waals surface area contributed by atoms with Gasteiger partial charge in [-0.2, -0.15) is 0 Å². The first-order valence-electron chi connectivity index (χ1n) is 28.4. The highest BCUT2D eigenvalue weighted by molar-refractivity contribution is 7.45. The quantitative estimate of drug-likeness (QED) is 0.0357. The summed E-state index contributed by atoms with van der Waals surface area (Å²) in [7, 11) is 1.32. The van der Waals surface area contributed by atoms with Crippen LogP contribution in [0.4, 0.5) is 0 Å². The van der Waals surface area contributed by atoms with Gasteiger partial charge in [-0.3, -0.25) is 9.36 Å². The lowest BCUT2D eigenvalue weighted by molar-refractivity contribution is -0.870. The van der Waals surface area contributed by atoms with Crippen LogP contribution in [0.2, 0.25) is 0 Å². The third-order valence-corrected chi connectivity index (χ3v) is 14.3. The second-order valence-corrected chi connectivity index (χ2v) is 22.4. The third kappa shape index (κ3) is 49.4. The maximum atomic E-state index is 13.0. The minimum absolute atomic E-state index is 0.0164. The first-order chi connectivity index (χ1) is 31.0. The molecule has 64 heavy (non-hydrogen) atoms. The lowest BCUT2D eigenvalue weighted by atomic mass is 10.0. The number of phosphoric acid groups is 1. The van der Waals surface area contributed by atoms with Crippen LogP contribution in [0.15, 0.2) is 0 Å². The van der Waals surface area contributed by atoms with Crippen molar-refractivity contribution in [3.8, 4) is 0 Å². The molecule has 3 atom stereocenters. The maximum Gasteiger partial charge on any atom is 0.268 e. The van der Waals surface area contributed by atoms with Gasteiger partial charge in [0.05, 0.1) is 39.9 Å². The molecular formula is C55H113N2O6P. The van der Waals surface area contributed by atoms with Crippen LogP contribution in [0, 0.1) is 0 Å². The molecule has 0 aliphatic heterocycles. The number of hydrogen-bond acceptors (Lipinski definition) is 6. The van der Waals surface area contributed by atoms with Gasteiger partial charge in [-0.15, -0.1) is 0 Å². The van der Waals surface area contributed by atoms with E-state index >= 15 is 0 Å². The second kappa shape index (κ2) is 47.6. The smallest absolute Gasteiger partial charge is 0.268 e. The van der Waals surface area contributed by atoms with E-state index in [1.807, 2.05) is 21.1 Å². The van der Waals surface area contributed by atoms with Crippen molar-refractivity contribution in [2.45, 2.75) is 309 Å². The predicted molar refractivity (Wildman–Crippen MR) is 275 cm³/mol. The van der Waals surface area contributed by atoms with Crippen molar-refractivity contribution >= 4 is 13.7 Å². The number of aliphatic hydroxyl groups is 1. The summed E-state index contributed by atoms with van der Waals surface area (Å²) in [6.45, 7) is 4.77. The van der Waals surface area contributed by atoms with Crippen molar-refractivity contribution in [2.24, 2.45) is 0 Å². The predicted octanol–water partition coefficient (Wildman–Crippen LogP) is 16.2. The first-order valence-corrected chi connectivity index (χ1v) is 29.8. The van der Waals surface area contributed by atoms with Crippen LogP contribution in [0.1, 0.15) is 296 Å². The number of likely N-dealkylation sites (N-methyl/N-ethyl adjacent to an activating group) is 1. The van der Waals surface area contributed by atoms with E-state index in [0.29, 0.717) is 23.9 Å². The molecule has 0 aliphatic carbocycles. The molecule has 0 aliphatic rings. The molecular weight excluding hydrogens is 816 g/mol. The van der Waals surface area contributed by atoms with E-state index < -0.39 is 20.0 Å². The molecule has 0 fully saturated rings. The molecule has 0 aromatic carbocycles. The van der Waals surface area contributed by atoms with Crippen LogP contribution < -0.4 is 10.2 Å². The van der Waals surface area contributed by atoms with Crippen LogP contribution in [0.3, 0.4) is 0 Å². The van der Waals surface area contributed by atoms with E-state index in [0.717, 1.165) is 38.5 Å². The number of aliphatic hydroxyl groups excluding tert-OH is 1. The van der Waals surface area contributed by atoms with Gasteiger partial charge in [-0.05, 0) is 12.8 Å². The van der Waals surface area contributed by atoms with E-state index in [9.17, 15) is 19.4 Å². The number of unbranched alkanes of at least 4 members (excludes halogenated alkanes) is 40. The lowest BCUT2D eigenvalue weighted by Crippen LogP contribution is -2.46. The monoisotopic (exact) mass is 929 g/mol. The van der Waals surface area contributed by atoms with Crippen LogP contribution in [0.5, 0.6) is 0 Å². The summed E-state index contributed by atoms with van der Waals surface area (Å²) in [6.07, 6.45) is 55.7. The fourth-order valence-corrected chi connectivity index (χ4v) is 9.59. The molecule has 384 valence electrons. The number of nitrogens with one attached hydrogen (secondary N) is 1. The number of amides is 1. The fourth-order valence-electron chi connectivity index (χ4n) is 8.87. The molecule has 0 heterocycles. The van der Waals surface area contributed by atoms with Gasteiger partial charge in [-0.1, -0.05) is 277 Å². The Bertz CT molecular complexity index is 1010.